The van der Waals surface area contributed by atoms with Crippen molar-refractivity contribution in [1.29, 1.82) is 0 Å². The first-order chi connectivity index (χ1) is 13.2. The van der Waals surface area contributed by atoms with Gasteiger partial charge in [-0.3, -0.25) is 0 Å². The molecule has 2 heterocycles. The molecule has 1 N–H and O–H groups in total. The van der Waals surface area contributed by atoms with Gasteiger partial charge in [-0.15, -0.1) is 0 Å². The molecule has 1 fully saturated rings. The molecule has 1 aromatic heterocycles. The minimum atomic E-state index is -0.246. The second kappa shape index (κ2) is 9.41. The van der Waals surface area contributed by atoms with Crippen LogP contribution in [0.4, 0.5) is 16.6 Å². The Kier molecular flexibility index (Phi) is 6.70. The SMILES string of the molecule is CCOC(=O)N1CCN(c2ccnc(NCCc3ccc(Cl)cc3)n2)CC1. The van der Waals surface area contributed by atoms with E-state index in [0.29, 0.717) is 25.6 Å². The van der Waals surface area contributed by atoms with Gasteiger partial charge in [0.2, 0.25) is 5.95 Å². The van der Waals surface area contributed by atoms with E-state index < -0.39 is 0 Å². The predicted molar refractivity (Wildman–Crippen MR) is 106 cm³/mol. The van der Waals surface area contributed by atoms with Gasteiger partial charge in [0.25, 0.3) is 0 Å². The van der Waals surface area contributed by atoms with Crippen LogP contribution >= 0.6 is 11.6 Å². The van der Waals surface area contributed by atoms with Crippen molar-refractivity contribution in [2.24, 2.45) is 0 Å². The van der Waals surface area contributed by atoms with Gasteiger partial charge >= 0.3 is 6.09 Å². The van der Waals surface area contributed by atoms with Crippen LogP contribution in [0.15, 0.2) is 36.5 Å². The highest BCUT2D eigenvalue weighted by Gasteiger charge is 2.22. The second-order valence-electron chi connectivity index (χ2n) is 6.21. The Morgan fingerprint density at radius 3 is 2.63 bits per heavy atom. The van der Waals surface area contributed by atoms with Crippen molar-refractivity contribution in [2.45, 2.75) is 13.3 Å². The summed E-state index contributed by atoms with van der Waals surface area (Å²) in [5.41, 5.74) is 1.21. The van der Waals surface area contributed by atoms with Gasteiger partial charge in [-0.05, 0) is 37.1 Å². The van der Waals surface area contributed by atoms with E-state index in [9.17, 15) is 4.79 Å². The maximum Gasteiger partial charge on any atom is 0.409 e. The Morgan fingerprint density at radius 1 is 1.19 bits per heavy atom. The molecule has 2 aromatic rings. The summed E-state index contributed by atoms with van der Waals surface area (Å²) in [5, 5.41) is 4.01. The van der Waals surface area contributed by atoms with Gasteiger partial charge in [0.1, 0.15) is 5.82 Å². The van der Waals surface area contributed by atoms with Gasteiger partial charge in [-0.2, -0.15) is 4.98 Å². The van der Waals surface area contributed by atoms with Crippen LogP contribution in [-0.4, -0.2) is 60.3 Å². The van der Waals surface area contributed by atoms with Gasteiger partial charge in [-0.1, -0.05) is 23.7 Å². The number of halogens is 1. The summed E-state index contributed by atoms with van der Waals surface area (Å²) in [6.07, 6.45) is 2.37. The molecule has 1 aliphatic rings. The number of rotatable bonds is 6. The van der Waals surface area contributed by atoms with E-state index in [-0.39, 0.29) is 6.09 Å². The minimum Gasteiger partial charge on any atom is -0.450 e. The van der Waals surface area contributed by atoms with Crippen LogP contribution < -0.4 is 10.2 Å². The molecule has 0 atom stereocenters. The molecule has 0 aliphatic carbocycles. The first kappa shape index (κ1) is 19.2. The molecule has 0 spiro atoms. The number of benzene rings is 1. The highest BCUT2D eigenvalue weighted by atomic mass is 35.5. The number of nitrogens with zero attached hydrogens (tertiary/aromatic N) is 4. The topological polar surface area (TPSA) is 70.6 Å². The van der Waals surface area contributed by atoms with E-state index in [1.807, 2.05) is 37.3 Å². The normalized spacial score (nSPS) is 14.1. The van der Waals surface area contributed by atoms with Crippen molar-refractivity contribution in [3.05, 3.63) is 47.1 Å². The van der Waals surface area contributed by atoms with E-state index in [4.69, 9.17) is 16.3 Å². The third-order valence-electron chi connectivity index (χ3n) is 4.38. The van der Waals surface area contributed by atoms with Crippen molar-refractivity contribution in [1.82, 2.24) is 14.9 Å². The smallest absolute Gasteiger partial charge is 0.409 e. The number of aromatic nitrogens is 2. The number of carbonyl (C=O) groups is 1. The average Bonchev–Trinajstić information content (AvgIpc) is 2.70. The molecule has 1 aromatic carbocycles. The quantitative estimate of drug-likeness (QED) is 0.818. The Labute approximate surface area is 164 Å². The van der Waals surface area contributed by atoms with Crippen LogP contribution in [-0.2, 0) is 11.2 Å². The molecule has 8 heteroatoms. The van der Waals surface area contributed by atoms with Crippen molar-refractivity contribution in [2.75, 3.05) is 49.5 Å². The first-order valence-corrected chi connectivity index (χ1v) is 9.51. The van der Waals surface area contributed by atoms with Gasteiger partial charge in [0.05, 0.1) is 6.61 Å². The lowest BCUT2D eigenvalue weighted by Gasteiger charge is -2.34. The summed E-state index contributed by atoms with van der Waals surface area (Å²) in [7, 11) is 0. The molecule has 0 radical (unpaired) electrons. The number of nitrogens with one attached hydrogen (secondary N) is 1. The highest BCUT2D eigenvalue weighted by molar-refractivity contribution is 6.30. The van der Waals surface area contributed by atoms with E-state index in [0.717, 1.165) is 36.9 Å². The fraction of sp³-hybridized carbons (Fsp3) is 0.421. The van der Waals surface area contributed by atoms with Crippen molar-refractivity contribution in [3.63, 3.8) is 0 Å². The van der Waals surface area contributed by atoms with Gasteiger partial charge < -0.3 is 19.9 Å². The maximum atomic E-state index is 11.8. The zero-order valence-corrected chi connectivity index (χ0v) is 16.2. The number of carbonyl (C=O) groups excluding carboxylic acids is 1. The maximum absolute atomic E-state index is 11.8. The summed E-state index contributed by atoms with van der Waals surface area (Å²) in [4.78, 5) is 24.6. The number of amides is 1. The van der Waals surface area contributed by atoms with Crippen molar-refractivity contribution in [3.8, 4) is 0 Å². The summed E-state index contributed by atoms with van der Waals surface area (Å²) in [6, 6.07) is 9.72. The van der Waals surface area contributed by atoms with Gasteiger partial charge in [0.15, 0.2) is 0 Å². The van der Waals surface area contributed by atoms with E-state index in [1.165, 1.54) is 5.56 Å². The molecular weight excluding hydrogens is 366 g/mol. The Bertz CT molecular complexity index is 748. The zero-order valence-electron chi connectivity index (χ0n) is 15.4. The molecule has 27 heavy (non-hydrogen) atoms. The molecule has 1 saturated heterocycles. The summed E-state index contributed by atoms with van der Waals surface area (Å²) >= 11 is 5.91. The Hall–Kier alpha value is -2.54. The molecule has 7 nitrogen and oxygen atoms in total. The molecule has 1 aliphatic heterocycles. The zero-order chi connectivity index (χ0) is 19.1. The van der Waals surface area contributed by atoms with Crippen LogP contribution in [0.1, 0.15) is 12.5 Å². The molecule has 0 saturated carbocycles. The van der Waals surface area contributed by atoms with Gasteiger partial charge in [0, 0.05) is 43.9 Å². The van der Waals surface area contributed by atoms with E-state index in [1.54, 1.807) is 11.1 Å². The third kappa shape index (κ3) is 5.47. The number of hydrogen-bond acceptors (Lipinski definition) is 6. The standard InChI is InChI=1S/C19H24ClN5O2/c1-2-27-19(26)25-13-11-24(12-14-25)17-8-10-22-18(23-17)21-9-7-15-3-5-16(20)6-4-15/h3-6,8,10H,2,7,9,11-14H2,1H3,(H,21,22,23). The minimum absolute atomic E-state index is 0.246. The fourth-order valence-electron chi connectivity index (χ4n) is 2.91. The number of hydrogen-bond donors (Lipinski definition) is 1. The number of anilines is 2. The van der Waals surface area contributed by atoms with Crippen LogP contribution in [0.3, 0.4) is 0 Å². The summed E-state index contributed by atoms with van der Waals surface area (Å²) in [5.74, 6) is 1.47. The van der Waals surface area contributed by atoms with Crippen LogP contribution in [0.2, 0.25) is 5.02 Å². The molecule has 144 valence electrons. The Balaban J connectivity index is 1.50. The van der Waals surface area contributed by atoms with Crippen LogP contribution in [0, 0.1) is 0 Å². The van der Waals surface area contributed by atoms with E-state index in [2.05, 4.69) is 20.2 Å². The van der Waals surface area contributed by atoms with Crippen molar-refractivity contribution < 1.29 is 9.53 Å². The lowest BCUT2D eigenvalue weighted by Crippen LogP contribution is -2.49. The first-order valence-electron chi connectivity index (χ1n) is 9.13. The molecule has 1 amide bonds. The number of piperazine rings is 1. The molecule has 3 rings (SSSR count). The lowest BCUT2D eigenvalue weighted by molar-refractivity contribution is 0.105. The lowest BCUT2D eigenvalue weighted by atomic mass is 10.1. The predicted octanol–water partition coefficient (Wildman–Crippen LogP) is 3.06. The molecular formula is C19H24ClN5O2. The molecule has 0 unspecified atom stereocenters. The number of ether oxygens (including phenoxy) is 1. The third-order valence-corrected chi connectivity index (χ3v) is 4.63. The highest BCUT2D eigenvalue weighted by Crippen LogP contribution is 2.15. The van der Waals surface area contributed by atoms with Crippen LogP contribution in [0.5, 0.6) is 0 Å². The van der Waals surface area contributed by atoms with Crippen LogP contribution in [0.25, 0.3) is 0 Å². The average molecular weight is 390 g/mol. The van der Waals surface area contributed by atoms with Gasteiger partial charge in [-0.25, -0.2) is 9.78 Å². The Morgan fingerprint density at radius 2 is 1.93 bits per heavy atom. The summed E-state index contributed by atoms with van der Waals surface area (Å²) in [6.45, 7) is 5.65. The summed E-state index contributed by atoms with van der Waals surface area (Å²) < 4.78 is 5.05. The largest absolute Gasteiger partial charge is 0.450 e. The molecule has 0 bridgehead atoms. The van der Waals surface area contributed by atoms with E-state index >= 15 is 0 Å². The van der Waals surface area contributed by atoms with Crippen molar-refractivity contribution >= 4 is 29.5 Å². The fourth-order valence-corrected chi connectivity index (χ4v) is 3.04. The second-order valence-corrected chi connectivity index (χ2v) is 6.65. The monoisotopic (exact) mass is 389 g/mol.